The Balaban J connectivity index is 1.45. The molecule has 30 heavy (non-hydrogen) atoms. The summed E-state index contributed by atoms with van der Waals surface area (Å²) >= 11 is 2.77. The number of fused-ring (bicyclic) bond motifs is 1. The summed E-state index contributed by atoms with van der Waals surface area (Å²) in [6.07, 6.45) is 1.44. The zero-order chi connectivity index (χ0) is 20.9. The van der Waals surface area contributed by atoms with Gasteiger partial charge >= 0.3 is 0 Å². The third kappa shape index (κ3) is 4.74. The van der Waals surface area contributed by atoms with Gasteiger partial charge in [-0.25, -0.2) is 14.4 Å². The zero-order valence-corrected chi connectivity index (χ0v) is 17.7. The van der Waals surface area contributed by atoms with Crippen LogP contribution in [-0.2, 0) is 11.3 Å². The van der Waals surface area contributed by atoms with Gasteiger partial charge in [-0.05, 0) is 17.7 Å². The second-order valence-electron chi connectivity index (χ2n) is 6.49. The topological polar surface area (TPSA) is 71.0 Å². The van der Waals surface area contributed by atoms with Crippen LogP contribution in [0.2, 0.25) is 0 Å². The van der Waals surface area contributed by atoms with Crippen molar-refractivity contribution in [2.75, 3.05) is 23.0 Å². The molecule has 0 unspecified atom stereocenters. The van der Waals surface area contributed by atoms with Crippen LogP contribution in [0.5, 0.6) is 0 Å². The van der Waals surface area contributed by atoms with Gasteiger partial charge in [0.05, 0.1) is 11.4 Å². The van der Waals surface area contributed by atoms with Crippen molar-refractivity contribution in [2.45, 2.75) is 11.6 Å². The fourth-order valence-electron chi connectivity index (χ4n) is 2.80. The van der Waals surface area contributed by atoms with Crippen molar-refractivity contribution < 1.29 is 9.18 Å². The van der Waals surface area contributed by atoms with Gasteiger partial charge in [0, 0.05) is 13.6 Å². The maximum absolute atomic E-state index is 13.7. The number of para-hydroxylation sites is 1. The summed E-state index contributed by atoms with van der Waals surface area (Å²) in [7, 11) is 1.98. The molecule has 0 aliphatic carbocycles. The van der Waals surface area contributed by atoms with Crippen LogP contribution in [0.25, 0.3) is 10.3 Å². The average molecular weight is 440 g/mol. The summed E-state index contributed by atoms with van der Waals surface area (Å²) in [5.41, 5.74) is 1.95. The first-order valence-corrected chi connectivity index (χ1v) is 10.9. The highest BCUT2D eigenvalue weighted by Gasteiger charge is 2.15. The fourth-order valence-corrected chi connectivity index (χ4v) is 4.65. The van der Waals surface area contributed by atoms with Crippen LogP contribution in [0.15, 0.2) is 66.0 Å². The largest absolute Gasteiger partial charge is 0.347 e. The van der Waals surface area contributed by atoms with Gasteiger partial charge < -0.3 is 10.2 Å². The molecule has 0 spiro atoms. The number of rotatable bonds is 7. The molecule has 2 aromatic carbocycles. The van der Waals surface area contributed by atoms with Crippen molar-refractivity contribution in [3.8, 4) is 0 Å². The quantitative estimate of drug-likeness (QED) is 0.335. The minimum absolute atomic E-state index is 0.105. The number of nitrogens with one attached hydrogen (secondary N) is 1. The smallest absolute Gasteiger partial charge is 0.234 e. The monoisotopic (exact) mass is 439 g/mol. The SMILES string of the molecule is CN(Cc1ccccc1)c1nc2ncnc(SCC(=O)Nc3ccccc3F)c2s1. The molecule has 4 rings (SSSR count). The van der Waals surface area contributed by atoms with E-state index in [1.807, 2.05) is 25.2 Å². The Morgan fingerprint density at radius 1 is 1.13 bits per heavy atom. The van der Waals surface area contributed by atoms with Crippen LogP contribution in [0.4, 0.5) is 15.2 Å². The Labute approximate surface area is 181 Å². The lowest BCUT2D eigenvalue weighted by Crippen LogP contribution is -2.15. The number of nitrogens with zero attached hydrogens (tertiary/aromatic N) is 4. The van der Waals surface area contributed by atoms with Crippen LogP contribution in [-0.4, -0.2) is 33.7 Å². The van der Waals surface area contributed by atoms with E-state index in [1.54, 1.807) is 12.1 Å². The summed E-state index contributed by atoms with van der Waals surface area (Å²) in [5.74, 6) is -0.662. The lowest BCUT2D eigenvalue weighted by Gasteiger charge is -2.15. The standard InChI is InChI=1S/C21H18FN5OS2/c1-27(11-14-7-3-2-4-8-14)21-26-19-18(30-21)20(24-13-23-19)29-12-17(28)25-16-10-6-5-9-15(16)22/h2-10,13H,11-12H2,1H3,(H,25,28). The molecule has 152 valence electrons. The number of amides is 1. The van der Waals surface area contributed by atoms with Crippen molar-refractivity contribution >= 4 is 50.2 Å². The number of thiazole rings is 1. The molecule has 0 fully saturated rings. The van der Waals surface area contributed by atoms with Gasteiger partial charge in [-0.2, -0.15) is 4.98 Å². The Morgan fingerprint density at radius 2 is 1.90 bits per heavy atom. The number of anilines is 2. The first-order valence-electron chi connectivity index (χ1n) is 9.14. The number of aromatic nitrogens is 3. The highest BCUT2D eigenvalue weighted by atomic mass is 32.2. The molecule has 2 heterocycles. The van der Waals surface area contributed by atoms with Gasteiger partial charge in [0.1, 0.15) is 21.9 Å². The van der Waals surface area contributed by atoms with Gasteiger partial charge in [0.2, 0.25) is 5.91 Å². The molecule has 0 saturated heterocycles. The molecule has 0 saturated carbocycles. The van der Waals surface area contributed by atoms with Crippen molar-refractivity contribution in [3.05, 3.63) is 72.3 Å². The highest BCUT2D eigenvalue weighted by Crippen LogP contribution is 2.33. The molecule has 2 aromatic heterocycles. The molecular formula is C21H18FN5OS2. The van der Waals surface area contributed by atoms with Gasteiger partial charge in [0.15, 0.2) is 10.8 Å². The first-order chi connectivity index (χ1) is 14.6. The predicted octanol–water partition coefficient (Wildman–Crippen LogP) is 4.59. The number of hydrogen-bond acceptors (Lipinski definition) is 7. The predicted molar refractivity (Wildman–Crippen MR) is 120 cm³/mol. The third-order valence-electron chi connectivity index (χ3n) is 4.22. The van der Waals surface area contributed by atoms with Crippen LogP contribution in [0.3, 0.4) is 0 Å². The van der Waals surface area contributed by atoms with Crippen molar-refractivity contribution in [2.24, 2.45) is 0 Å². The van der Waals surface area contributed by atoms with E-state index in [-0.39, 0.29) is 17.3 Å². The van der Waals surface area contributed by atoms with Gasteiger partial charge in [-0.3, -0.25) is 4.79 Å². The zero-order valence-electron chi connectivity index (χ0n) is 16.1. The molecule has 1 N–H and O–H groups in total. The number of thioether (sulfide) groups is 1. The molecule has 0 bridgehead atoms. The molecule has 0 aliphatic rings. The van der Waals surface area contributed by atoms with E-state index >= 15 is 0 Å². The fraction of sp³-hybridized carbons (Fsp3) is 0.143. The Bertz CT molecular complexity index is 1170. The lowest BCUT2D eigenvalue weighted by atomic mass is 10.2. The van der Waals surface area contributed by atoms with E-state index in [4.69, 9.17) is 0 Å². The molecule has 6 nitrogen and oxygen atoms in total. The molecule has 9 heteroatoms. The lowest BCUT2D eigenvalue weighted by molar-refractivity contribution is -0.113. The molecule has 0 radical (unpaired) electrons. The molecule has 0 aliphatic heterocycles. The maximum atomic E-state index is 13.7. The molecule has 4 aromatic rings. The van der Waals surface area contributed by atoms with E-state index in [9.17, 15) is 9.18 Å². The van der Waals surface area contributed by atoms with Crippen molar-refractivity contribution in [3.63, 3.8) is 0 Å². The van der Waals surface area contributed by atoms with E-state index in [1.165, 1.54) is 47.1 Å². The van der Waals surface area contributed by atoms with Crippen LogP contribution < -0.4 is 10.2 Å². The molecular weight excluding hydrogens is 421 g/mol. The van der Waals surface area contributed by atoms with Crippen LogP contribution >= 0.6 is 23.1 Å². The van der Waals surface area contributed by atoms with E-state index in [2.05, 4.69) is 37.3 Å². The minimum Gasteiger partial charge on any atom is -0.347 e. The number of benzene rings is 2. The van der Waals surface area contributed by atoms with Crippen LogP contribution in [0.1, 0.15) is 5.56 Å². The van der Waals surface area contributed by atoms with E-state index in [0.717, 1.165) is 16.4 Å². The normalized spacial score (nSPS) is 10.9. The second kappa shape index (κ2) is 9.19. The maximum Gasteiger partial charge on any atom is 0.234 e. The Kier molecular flexibility index (Phi) is 6.20. The number of carbonyl (C=O) groups is 1. The highest BCUT2D eigenvalue weighted by molar-refractivity contribution is 8.00. The minimum atomic E-state index is -0.464. The van der Waals surface area contributed by atoms with Crippen molar-refractivity contribution in [1.29, 1.82) is 0 Å². The molecule has 0 atom stereocenters. The van der Waals surface area contributed by atoms with Gasteiger partial charge in [-0.15, -0.1) is 0 Å². The van der Waals surface area contributed by atoms with E-state index < -0.39 is 5.82 Å². The Hall–Kier alpha value is -3.04. The summed E-state index contributed by atoms with van der Waals surface area (Å²) in [5, 5.41) is 4.09. The van der Waals surface area contributed by atoms with Gasteiger partial charge in [-0.1, -0.05) is 65.6 Å². The summed E-state index contributed by atoms with van der Waals surface area (Å²) in [4.78, 5) is 27.5. The Morgan fingerprint density at radius 3 is 2.70 bits per heavy atom. The number of hydrogen-bond donors (Lipinski definition) is 1. The van der Waals surface area contributed by atoms with Crippen molar-refractivity contribution in [1.82, 2.24) is 15.0 Å². The third-order valence-corrected chi connectivity index (χ3v) is 6.51. The average Bonchev–Trinajstić information content (AvgIpc) is 3.20. The summed E-state index contributed by atoms with van der Waals surface area (Å²) in [6, 6.07) is 16.2. The van der Waals surface area contributed by atoms with E-state index in [0.29, 0.717) is 10.7 Å². The first kappa shape index (κ1) is 20.2. The van der Waals surface area contributed by atoms with Crippen LogP contribution in [0, 0.1) is 5.82 Å². The summed E-state index contributed by atoms with van der Waals surface area (Å²) in [6.45, 7) is 0.724. The summed E-state index contributed by atoms with van der Waals surface area (Å²) < 4.78 is 14.5. The molecule has 1 amide bonds. The number of halogens is 1. The van der Waals surface area contributed by atoms with Gasteiger partial charge in [0.25, 0.3) is 0 Å². The second-order valence-corrected chi connectivity index (χ2v) is 8.43. The number of carbonyl (C=O) groups excluding carboxylic acids is 1.